The van der Waals surface area contributed by atoms with Crippen molar-refractivity contribution < 1.29 is 8.42 Å². The zero-order valence-electron chi connectivity index (χ0n) is 9.42. The molecule has 0 spiro atoms. The van der Waals surface area contributed by atoms with Crippen molar-refractivity contribution in [1.82, 2.24) is 0 Å². The molecule has 0 heterocycles. The lowest BCUT2D eigenvalue weighted by Gasteiger charge is -2.07. The van der Waals surface area contributed by atoms with E-state index in [4.69, 9.17) is 67.1 Å². The largest absolute Gasteiger partial charge is 0.341 e. The first-order chi connectivity index (χ1) is 8.60. The van der Waals surface area contributed by atoms with E-state index in [1.807, 2.05) is 0 Å². The van der Waals surface area contributed by atoms with Gasteiger partial charge in [-0.15, -0.1) is 56.4 Å². The van der Waals surface area contributed by atoms with Gasteiger partial charge in [-0.05, 0) is 30.2 Å². The van der Waals surface area contributed by atoms with E-state index in [-0.39, 0.29) is 10.2 Å². The van der Waals surface area contributed by atoms with Crippen molar-refractivity contribution in [1.29, 1.82) is 0 Å². The Morgan fingerprint density at radius 3 is 1.74 bits per heavy atom. The number of rotatable bonds is 4. The molecule has 0 saturated heterocycles. The first-order valence-electron chi connectivity index (χ1n) is 4.82. The Morgan fingerprint density at radius 2 is 1.42 bits per heavy atom. The Kier molecular flexibility index (Phi) is 9.75. The average Bonchev–Trinajstić information content (AvgIpc) is 2.26. The van der Waals surface area contributed by atoms with Crippen LogP contribution in [0.2, 0.25) is 6.04 Å². The second kappa shape index (κ2) is 9.21. The van der Waals surface area contributed by atoms with Crippen LogP contribution in [0.25, 0.3) is 0 Å². The second-order valence-electron chi connectivity index (χ2n) is 3.30. The molecule has 0 atom stereocenters. The van der Waals surface area contributed by atoms with Crippen molar-refractivity contribution in [3.63, 3.8) is 0 Å². The predicted molar refractivity (Wildman–Crippen MR) is 87.9 cm³/mol. The lowest BCUT2D eigenvalue weighted by atomic mass is 10.2. The molecule has 0 radical (unpaired) electrons. The van der Waals surface area contributed by atoms with Crippen molar-refractivity contribution in [2.75, 3.05) is 5.34 Å². The maximum absolute atomic E-state index is 11.0. The van der Waals surface area contributed by atoms with Gasteiger partial charge < -0.3 is 0 Å². The molecule has 1 aromatic rings. The number of benzene rings is 1. The molecule has 2 nitrogen and oxygen atoms in total. The van der Waals surface area contributed by atoms with Crippen LogP contribution in [0.3, 0.4) is 0 Å². The number of halogens is 6. The fraction of sp³-hybridized carbons (Fsp3) is 0.333. The molecule has 0 aliphatic heterocycles. The van der Waals surface area contributed by atoms with Gasteiger partial charge in [-0.1, -0.05) is 12.1 Å². The third kappa shape index (κ3) is 10.5. The van der Waals surface area contributed by atoms with E-state index in [0.29, 0.717) is 12.5 Å². The van der Waals surface area contributed by atoms with Gasteiger partial charge in [0.1, 0.15) is 0 Å². The Hall–Kier alpha value is 1.13. The van der Waals surface area contributed by atoms with Gasteiger partial charge in [0.25, 0.3) is 9.05 Å². The molecular formula is C9H10Cl6O2SSi. The minimum Gasteiger partial charge on any atom is -0.207 e. The number of alkyl halides is 2. The fourth-order valence-electron chi connectivity index (χ4n) is 1.10. The number of aryl methyl sites for hydroxylation is 1. The summed E-state index contributed by atoms with van der Waals surface area (Å²) in [7, 11) is 1.52. The zero-order chi connectivity index (χ0) is 15.1. The molecule has 0 aliphatic rings. The second-order valence-corrected chi connectivity index (χ2v) is 16.0. The highest BCUT2D eigenvalue weighted by Crippen LogP contribution is 2.27. The molecule has 19 heavy (non-hydrogen) atoms. The molecule has 0 aliphatic carbocycles. The molecule has 1 aromatic carbocycles. The Balaban J connectivity index is 0.000000982. The third-order valence-corrected chi connectivity index (χ3v) is 5.79. The fourth-order valence-corrected chi connectivity index (χ4v) is 3.30. The summed E-state index contributed by atoms with van der Waals surface area (Å²) in [6, 6.07) is 4.10. The molecule has 0 amide bonds. The van der Waals surface area contributed by atoms with E-state index >= 15 is 0 Å². The van der Waals surface area contributed by atoms with E-state index in [0.717, 1.165) is 5.56 Å². The molecule has 0 N–H and O–H groups in total. The third-order valence-electron chi connectivity index (χ3n) is 1.90. The summed E-state index contributed by atoms with van der Waals surface area (Å²) >= 11 is 26.7. The average molecular weight is 423 g/mol. The van der Waals surface area contributed by atoms with Crippen molar-refractivity contribution in [2.24, 2.45) is 0 Å². The summed E-state index contributed by atoms with van der Waals surface area (Å²) in [5.74, 6) is 0. The molecule has 0 fully saturated rings. The van der Waals surface area contributed by atoms with E-state index in [2.05, 4.69) is 0 Å². The lowest BCUT2D eigenvalue weighted by molar-refractivity contribution is 0.609. The minimum atomic E-state index is -3.66. The summed E-state index contributed by atoms with van der Waals surface area (Å²) in [5, 5.41) is 0.194. The van der Waals surface area contributed by atoms with Crippen LogP contribution in [0.15, 0.2) is 29.2 Å². The molecule has 1 rings (SSSR count). The number of hydrogen-bond acceptors (Lipinski definition) is 2. The van der Waals surface area contributed by atoms with Crippen LogP contribution >= 0.6 is 67.1 Å². The lowest BCUT2D eigenvalue weighted by Crippen LogP contribution is -2.09. The smallest absolute Gasteiger partial charge is 0.207 e. The molecular weight excluding hydrogens is 413 g/mol. The Labute approximate surface area is 142 Å². The summed E-state index contributed by atoms with van der Waals surface area (Å²) in [4.78, 5) is 0.0732. The first kappa shape index (κ1) is 20.1. The van der Waals surface area contributed by atoms with Crippen molar-refractivity contribution in [2.45, 2.75) is 17.4 Å². The van der Waals surface area contributed by atoms with E-state index in [1.54, 1.807) is 12.1 Å². The van der Waals surface area contributed by atoms with Gasteiger partial charge in [0, 0.05) is 10.7 Å². The van der Waals surface area contributed by atoms with Gasteiger partial charge in [0.2, 0.25) is 0 Å². The van der Waals surface area contributed by atoms with Crippen molar-refractivity contribution in [3.8, 4) is 0 Å². The molecule has 0 unspecified atom stereocenters. The Bertz CT molecular complexity index is 470. The van der Waals surface area contributed by atoms with E-state index < -0.39 is 15.1 Å². The molecule has 0 aromatic heterocycles. The molecule has 0 bridgehead atoms. The highest BCUT2D eigenvalue weighted by molar-refractivity contribution is 8.13. The van der Waals surface area contributed by atoms with Crippen LogP contribution in [0.5, 0.6) is 0 Å². The van der Waals surface area contributed by atoms with Gasteiger partial charge in [0.15, 0.2) is 0 Å². The van der Waals surface area contributed by atoms with Crippen LogP contribution in [0, 0.1) is 0 Å². The zero-order valence-corrected chi connectivity index (χ0v) is 15.8. The van der Waals surface area contributed by atoms with Crippen molar-refractivity contribution in [3.05, 3.63) is 29.8 Å². The van der Waals surface area contributed by atoms with Gasteiger partial charge in [-0.25, -0.2) is 8.42 Å². The number of hydrogen-bond donors (Lipinski definition) is 0. The topological polar surface area (TPSA) is 34.1 Å². The van der Waals surface area contributed by atoms with Gasteiger partial charge in [-0.3, -0.25) is 0 Å². The highest BCUT2D eigenvalue weighted by Gasteiger charge is 2.24. The van der Waals surface area contributed by atoms with Crippen LogP contribution < -0.4 is 0 Å². The highest BCUT2D eigenvalue weighted by atomic mass is 35.8. The summed E-state index contributed by atoms with van der Waals surface area (Å²) in [6.45, 7) is 0. The van der Waals surface area contributed by atoms with Crippen LogP contribution in [0.4, 0.5) is 0 Å². The quantitative estimate of drug-likeness (QED) is 0.288. The summed E-state index contributed by atoms with van der Waals surface area (Å²) in [5.41, 5.74) is 0.919. The standard InChI is InChI=1S/C8H8Cl4O2SSi.CH2Cl2/c9-15(13,14)8-3-1-7(2-4-8)5-6-16(10,11)12;2-1-3/h1-4H,5-6H2;1H2. The maximum atomic E-state index is 11.0. The molecule has 110 valence electrons. The summed E-state index contributed by atoms with van der Waals surface area (Å²) in [6.07, 6.45) is 0.616. The van der Waals surface area contributed by atoms with Gasteiger partial charge >= 0.3 is 6.00 Å². The predicted octanol–water partition coefficient (Wildman–Crippen LogP) is 5.23. The van der Waals surface area contributed by atoms with Crippen LogP contribution in [-0.2, 0) is 15.5 Å². The van der Waals surface area contributed by atoms with E-state index in [9.17, 15) is 8.42 Å². The maximum Gasteiger partial charge on any atom is 0.341 e. The molecule has 10 heteroatoms. The SMILES string of the molecule is ClCCl.O=S(=O)(Cl)c1ccc(CC[Si](Cl)(Cl)Cl)cc1. The molecule has 0 saturated carbocycles. The monoisotopic (exact) mass is 420 g/mol. The van der Waals surface area contributed by atoms with Crippen LogP contribution in [-0.4, -0.2) is 19.8 Å². The first-order valence-corrected chi connectivity index (χ1v) is 13.4. The minimum absolute atomic E-state index is 0.0732. The van der Waals surface area contributed by atoms with Crippen molar-refractivity contribution >= 4 is 82.2 Å². The Morgan fingerprint density at radius 1 is 1.00 bits per heavy atom. The summed E-state index contributed by atoms with van der Waals surface area (Å²) < 4.78 is 21.9. The normalized spacial score (nSPS) is 11.7. The van der Waals surface area contributed by atoms with Gasteiger partial charge in [-0.2, -0.15) is 0 Å². The van der Waals surface area contributed by atoms with E-state index in [1.165, 1.54) is 12.1 Å². The van der Waals surface area contributed by atoms with Gasteiger partial charge in [0.05, 0.1) is 10.2 Å². The van der Waals surface area contributed by atoms with Crippen LogP contribution in [0.1, 0.15) is 5.56 Å².